The first-order valence-electron chi connectivity index (χ1n) is 14.7. The molecule has 5 heteroatoms. The van der Waals surface area contributed by atoms with Crippen LogP contribution in [0.3, 0.4) is 0 Å². The minimum Gasteiger partial charge on any atom is -0.464 e. The first-order valence-corrected chi connectivity index (χ1v) is 14.7. The van der Waals surface area contributed by atoms with E-state index in [1.807, 2.05) is 20.8 Å². The average Bonchev–Trinajstić information content (AvgIpc) is 3.12. The summed E-state index contributed by atoms with van der Waals surface area (Å²) >= 11 is 0. The molecule has 4 saturated carbocycles. The third-order valence-corrected chi connectivity index (χ3v) is 12.8. The Morgan fingerprint density at radius 2 is 1.53 bits per heavy atom. The lowest BCUT2D eigenvalue weighted by Crippen LogP contribution is -2.66. The molecule has 0 saturated heterocycles. The van der Waals surface area contributed by atoms with Crippen LogP contribution >= 0.6 is 0 Å². The minimum absolute atomic E-state index is 0.0193. The Labute approximate surface area is 219 Å². The summed E-state index contributed by atoms with van der Waals surface area (Å²) in [5, 5.41) is 33.7. The normalized spacial score (nSPS) is 47.8. The highest BCUT2D eigenvalue weighted by Crippen LogP contribution is 2.75. The van der Waals surface area contributed by atoms with E-state index < -0.39 is 17.3 Å². The van der Waals surface area contributed by atoms with E-state index in [1.165, 1.54) is 0 Å². The van der Waals surface area contributed by atoms with Crippen molar-refractivity contribution in [2.24, 2.45) is 45.3 Å². The highest BCUT2D eigenvalue weighted by Gasteiger charge is 2.71. The van der Waals surface area contributed by atoms with Gasteiger partial charge in [-0.15, -0.1) is 0 Å². The lowest BCUT2D eigenvalue weighted by molar-refractivity contribution is -0.248. The molecular weight excluding hydrogens is 452 g/mol. The lowest BCUT2D eigenvalue weighted by Gasteiger charge is -2.70. The van der Waals surface area contributed by atoms with E-state index in [1.54, 1.807) is 0 Å². The molecule has 0 aromatic rings. The fraction of sp³-hybridized carbons (Fsp3) is 0.968. The van der Waals surface area contributed by atoms with Crippen LogP contribution in [0.25, 0.3) is 0 Å². The molecule has 0 amide bonds. The maximum atomic E-state index is 11.8. The van der Waals surface area contributed by atoms with Gasteiger partial charge in [-0.25, -0.2) is 0 Å². The zero-order chi connectivity index (χ0) is 26.9. The number of carbonyl (C=O) groups is 1. The number of aliphatic hydroxyl groups is 3. The minimum atomic E-state index is -0.842. The largest absolute Gasteiger partial charge is 0.464 e. The van der Waals surface area contributed by atoms with Crippen LogP contribution in [0.2, 0.25) is 0 Å². The Morgan fingerprint density at radius 3 is 2.14 bits per heavy atom. The van der Waals surface area contributed by atoms with Crippen LogP contribution < -0.4 is 0 Å². The summed E-state index contributed by atoms with van der Waals surface area (Å²) in [5.41, 5.74) is -1.46. The Hall–Kier alpha value is -0.650. The fourth-order valence-corrected chi connectivity index (χ4v) is 10.8. The summed E-state index contributed by atoms with van der Waals surface area (Å²) in [6.45, 7) is 18.2. The molecule has 36 heavy (non-hydrogen) atoms. The van der Waals surface area contributed by atoms with Gasteiger partial charge >= 0.3 is 0 Å². The molecule has 0 heterocycles. The predicted octanol–water partition coefficient (Wildman–Crippen LogP) is 5.88. The summed E-state index contributed by atoms with van der Waals surface area (Å²) in [7, 11) is 0. The summed E-state index contributed by atoms with van der Waals surface area (Å²) in [5.74, 6) is 1.04. The molecule has 0 bridgehead atoms. The molecule has 0 aromatic carbocycles. The van der Waals surface area contributed by atoms with Crippen molar-refractivity contribution in [1.29, 1.82) is 0 Å². The second-order valence-corrected chi connectivity index (χ2v) is 15.6. The standard InChI is InChI=1S/C31H54O5/c1-26(2,34)13-9-14-31(8,35)20-10-16-30(7)25(20)21(33)18-23-28(5)15-12-24(36-19-32)27(3,4)22(28)11-17-29(23,30)6/h19-25,33-35H,9-18H2,1-8H3/t20-,21+,22-,23+,24-,25-,28-,29+,30+,31+/m0/s1. The van der Waals surface area contributed by atoms with Gasteiger partial charge in [0.15, 0.2) is 0 Å². The quantitative estimate of drug-likeness (QED) is 0.376. The van der Waals surface area contributed by atoms with Crippen LogP contribution in [-0.4, -0.2) is 45.2 Å². The van der Waals surface area contributed by atoms with Gasteiger partial charge in [0.05, 0.1) is 17.3 Å². The number of carbonyl (C=O) groups excluding carboxylic acids is 1. The van der Waals surface area contributed by atoms with Gasteiger partial charge in [0.2, 0.25) is 0 Å². The number of fused-ring (bicyclic) bond motifs is 5. The third kappa shape index (κ3) is 4.18. The van der Waals surface area contributed by atoms with Crippen LogP contribution in [0.5, 0.6) is 0 Å². The van der Waals surface area contributed by atoms with Crippen LogP contribution in [0.1, 0.15) is 120 Å². The van der Waals surface area contributed by atoms with Crippen molar-refractivity contribution in [3.05, 3.63) is 0 Å². The number of hydrogen-bond donors (Lipinski definition) is 3. The molecule has 10 atom stereocenters. The number of ether oxygens (including phenoxy) is 1. The van der Waals surface area contributed by atoms with Crippen LogP contribution in [0.4, 0.5) is 0 Å². The van der Waals surface area contributed by atoms with E-state index in [0.29, 0.717) is 31.1 Å². The molecule has 4 aliphatic rings. The smallest absolute Gasteiger partial charge is 0.293 e. The van der Waals surface area contributed by atoms with Crippen molar-refractivity contribution in [3.8, 4) is 0 Å². The van der Waals surface area contributed by atoms with Gasteiger partial charge in [0.25, 0.3) is 6.47 Å². The van der Waals surface area contributed by atoms with Crippen molar-refractivity contribution in [3.63, 3.8) is 0 Å². The highest BCUT2D eigenvalue weighted by molar-refractivity contribution is 5.38. The average molecular weight is 507 g/mol. The van der Waals surface area contributed by atoms with Gasteiger partial charge in [0, 0.05) is 5.41 Å². The molecule has 4 fully saturated rings. The number of aliphatic hydroxyl groups excluding tert-OH is 1. The van der Waals surface area contributed by atoms with E-state index in [2.05, 4.69) is 34.6 Å². The third-order valence-electron chi connectivity index (χ3n) is 12.8. The van der Waals surface area contributed by atoms with Gasteiger partial charge in [-0.2, -0.15) is 0 Å². The molecule has 0 aliphatic heterocycles. The van der Waals surface area contributed by atoms with Crippen molar-refractivity contribution in [1.82, 2.24) is 0 Å². The monoisotopic (exact) mass is 506 g/mol. The van der Waals surface area contributed by atoms with Crippen molar-refractivity contribution < 1.29 is 24.9 Å². The molecule has 0 spiro atoms. The van der Waals surface area contributed by atoms with Gasteiger partial charge in [-0.05, 0) is 125 Å². The van der Waals surface area contributed by atoms with E-state index in [9.17, 15) is 20.1 Å². The second kappa shape index (κ2) is 8.95. The Kier molecular flexibility index (Phi) is 7.05. The topological polar surface area (TPSA) is 87.0 Å². The van der Waals surface area contributed by atoms with Crippen LogP contribution in [-0.2, 0) is 9.53 Å². The molecule has 4 aliphatic carbocycles. The molecule has 0 unspecified atom stereocenters. The Balaban J connectivity index is 1.62. The maximum absolute atomic E-state index is 11.8. The Bertz CT molecular complexity index is 829. The summed E-state index contributed by atoms with van der Waals surface area (Å²) in [6.07, 6.45) is 8.64. The first-order chi connectivity index (χ1) is 16.4. The maximum Gasteiger partial charge on any atom is 0.293 e. The molecular formula is C31H54O5. The highest BCUT2D eigenvalue weighted by atomic mass is 16.5. The predicted molar refractivity (Wildman–Crippen MR) is 142 cm³/mol. The van der Waals surface area contributed by atoms with Crippen LogP contribution in [0, 0.1) is 45.3 Å². The number of hydrogen-bond acceptors (Lipinski definition) is 5. The van der Waals surface area contributed by atoms with E-state index in [4.69, 9.17) is 4.74 Å². The summed E-state index contributed by atoms with van der Waals surface area (Å²) in [6, 6.07) is 0. The summed E-state index contributed by atoms with van der Waals surface area (Å²) in [4.78, 5) is 11.2. The van der Waals surface area contributed by atoms with Crippen LogP contribution in [0.15, 0.2) is 0 Å². The molecule has 3 N–H and O–H groups in total. The molecule has 0 radical (unpaired) electrons. The van der Waals surface area contributed by atoms with Gasteiger partial charge < -0.3 is 20.1 Å². The van der Waals surface area contributed by atoms with Crippen molar-refractivity contribution in [2.75, 3.05) is 0 Å². The van der Waals surface area contributed by atoms with Gasteiger partial charge in [0.1, 0.15) is 6.10 Å². The first kappa shape index (κ1) is 28.4. The second-order valence-electron chi connectivity index (χ2n) is 15.6. The van der Waals surface area contributed by atoms with E-state index in [0.717, 1.165) is 51.4 Å². The molecule has 208 valence electrons. The fourth-order valence-electron chi connectivity index (χ4n) is 10.8. The summed E-state index contributed by atoms with van der Waals surface area (Å²) < 4.78 is 5.59. The zero-order valence-electron chi connectivity index (χ0n) is 24.3. The van der Waals surface area contributed by atoms with Crippen molar-refractivity contribution in [2.45, 2.75) is 143 Å². The lowest BCUT2D eigenvalue weighted by atomic mass is 9.35. The Morgan fingerprint density at radius 1 is 0.889 bits per heavy atom. The molecule has 4 rings (SSSR count). The zero-order valence-corrected chi connectivity index (χ0v) is 24.3. The van der Waals surface area contributed by atoms with Gasteiger partial charge in [-0.1, -0.05) is 34.6 Å². The number of rotatable bonds is 7. The molecule has 0 aromatic heterocycles. The van der Waals surface area contributed by atoms with E-state index >= 15 is 0 Å². The van der Waals surface area contributed by atoms with E-state index in [-0.39, 0.29) is 39.6 Å². The van der Waals surface area contributed by atoms with Gasteiger partial charge in [-0.3, -0.25) is 4.79 Å². The van der Waals surface area contributed by atoms with Crippen molar-refractivity contribution >= 4 is 6.47 Å². The SMILES string of the molecule is CC(C)(O)CCC[C@@](C)(O)[C@H]1CC[C@]2(C)[C@@H]1[C@H](O)C[C@@H]1[C@@]3(C)CC[C@H](OC=O)C(C)(C)[C@@H]3CC[C@]12C. The molecule has 5 nitrogen and oxygen atoms in total.